The zero-order chi connectivity index (χ0) is 18.1. The molecule has 0 bridgehead atoms. The molecule has 3 rings (SSSR count). The standard InChI is InChI=1S/C17H12Cl2N2O2S2/c1-8-12(9-5-3-2-4-6-9)13(15(20)22)17(24-8)21-16(23)10-7-11(18)25-14(10)19/h2-7H,1H3,(H2,20,22)(H,21,23). The largest absolute Gasteiger partial charge is 0.365 e. The van der Waals surface area contributed by atoms with Gasteiger partial charge in [0.25, 0.3) is 11.8 Å². The van der Waals surface area contributed by atoms with Crippen molar-refractivity contribution in [3.8, 4) is 11.1 Å². The van der Waals surface area contributed by atoms with Crippen LogP contribution in [0.2, 0.25) is 8.67 Å². The summed E-state index contributed by atoms with van der Waals surface area (Å²) in [7, 11) is 0. The minimum Gasteiger partial charge on any atom is -0.365 e. The molecule has 0 aliphatic rings. The highest BCUT2D eigenvalue weighted by Crippen LogP contribution is 2.40. The average molecular weight is 411 g/mol. The third kappa shape index (κ3) is 3.57. The number of carbonyl (C=O) groups excluding carboxylic acids is 2. The van der Waals surface area contributed by atoms with E-state index in [2.05, 4.69) is 5.32 Å². The van der Waals surface area contributed by atoms with Gasteiger partial charge in [-0.3, -0.25) is 9.59 Å². The molecule has 2 amide bonds. The van der Waals surface area contributed by atoms with E-state index in [-0.39, 0.29) is 5.56 Å². The van der Waals surface area contributed by atoms with Gasteiger partial charge in [0.2, 0.25) is 0 Å². The molecule has 25 heavy (non-hydrogen) atoms. The second kappa shape index (κ2) is 7.17. The third-order valence-electron chi connectivity index (χ3n) is 3.52. The molecule has 0 aliphatic carbocycles. The van der Waals surface area contributed by atoms with Crippen LogP contribution in [0.3, 0.4) is 0 Å². The number of benzene rings is 1. The van der Waals surface area contributed by atoms with Crippen molar-refractivity contribution in [3.63, 3.8) is 0 Å². The Morgan fingerprint density at radius 3 is 2.36 bits per heavy atom. The maximum atomic E-state index is 12.5. The van der Waals surface area contributed by atoms with Crippen LogP contribution in [0.15, 0.2) is 36.4 Å². The lowest BCUT2D eigenvalue weighted by molar-refractivity contribution is 0.100. The zero-order valence-electron chi connectivity index (χ0n) is 12.9. The molecule has 0 unspecified atom stereocenters. The van der Waals surface area contributed by atoms with Gasteiger partial charge in [-0.15, -0.1) is 22.7 Å². The summed E-state index contributed by atoms with van der Waals surface area (Å²) in [5, 5.41) is 3.13. The third-order valence-corrected chi connectivity index (χ3v) is 6.03. The summed E-state index contributed by atoms with van der Waals surface area (Å²) in [6.45, 7) is 1.88. The Kier molecular flexibility index (Phi) is 5.15. The number of halogens is 2. The molecule has 1 aromatic carbocycles. The summed E-state index contributed by atoms with van der Waals surface area (Å²) < 4.78 is 0.706. The van der Waals surface area contributed by atoms with Gasteiger partial charge in [0.05, 0.1) is 15.5 Å². The van der Waals surface area contributed by atoms with E-state index in [1.54, 1.807) is 0 Å². The first kappa shape index (κ1) is 17.9. The number of amides is 2. The lowest BCUT2D eigenvalue weighted by Gasteiger charge is -2.06. The lowest BCUT2D eigenvalue weighted by atomic mass is 10.0. The van der Waals surface area contributed by atoms with Gasteiger partial charge >= 0.3 is 0 Å². The lowest BCUT2D eigenvalue weighted by Crippen LogP contribution is -2.17. The van der Waals surface area contributed by atoms with E-state index >= 15 is 0 Å². The predicted molar refractivity (Wildman–Crippen MR) is 105 cm³/mol. The van der Waals surface area contributed by atoms with Crippen LogP contribution in [0.5, 0.6) is 0 Å². The summed E-state index contributed by atoms with van der Waals surface area (Å²) >= 11 is 14.3. The molecular weight excluding hydrogens is 399 g/mol. The summed E-state index contributed by atoms with van der Waals surface area (Å²) in [6, 6.07) is 10.9. The highest BCUT2D eigenvalue weighted by Gasteiger charge is 2.24. The number of thiophene rings is 2. The molecule has 0 aliphatic heterocycles. The van der Waals surface area contributed by atoms with Gasteiger partial charge in [-0.25, -0.2) is 0 Å². The molecule has 128 valence electrons. The first-order chi connectivity index (χ1) is 11.9. The van der Waals surface area contributed by atoms with Crippen LogP contribution in [-0.4, -0.2) is 11.8 Å². The SMILES string of the molecule is Cc1sc(NC(=O)c2cc(Cl)sc2Cl)c(C(N)=O)c1-c1ccccc1. The number of nitrogens with one attached hydrogen (secondary N) is 1. The minimum absolute atomic E-state index is 0.263. The fraction of sp³-hybridized carbons (Fsp3) is 0.0588. The summed E-state index contributed by atoms with van der Waals surface area (Å²) in [5.74, 6) is -1.04. The van der Waals surface area contributed by atoms with Gasteiger partial charge in [0.15, 0.2) is 0 Å². The Labute approximate surface area is 162 Å². The summed E-state index contributed by atoms with van der Waals surface area (Å²) in [6.07, 6.45) is 0. The van der Waals surface area contributed by atoms with Crippen LogP contribution in [0.25, 0.3) is 11.1 Å². The van der Waals surface area contributed by atoms with E-state index in [1.165, 1.54) is 17.4 Å². The predicted octanol–water partition coefficient (Wildman–Crippen LogP) is 5.44. The van der Waals surface area contributed by atoms with Gasteiger partial charge < -0.3 is 11.1 Å². The number of primary amides is 1. The van der Waals surface area contributed by atoms with Crippen molar-refractivity contribution in [2.45, 2.75) is 6.92 Å². The van der Waals surface area contributed by atoms with E-state index in [4.69, 9.17) is 28.9 Å². The second-order valence-electron chi connectivity index (χ2n) is 5.16. The van der Waals surface area contributed by atoms with Crippen LogP contribution in [0.4, 0.5) is 5.00 Å². The highest BCUT2D eigenvalue weighted by atomic mass is 35.5. The molecular formula is C17H12Cl2N2O2S2. The van der Waals surface area contributed by atoms with E-state index in [0.29, 0.717) is 19.2 Å². The topological polar surface area (TPSA) is 72.2 Å². The molecule has 2 aromatic heterocycles. The van der Waals surface area contributed by atoms with E-state index in [1.807, 2.05) is 37.3 Å². The smallest absolute Gasteiger partial charge is 0.258 e. The number of hydrogen-bond donors (Lipinski definition) is 2. The van der Waals surface area contributed by atoms with Crippen LogP contribution < -0.4 is 11.1 Å². The Morgan fingerprint density at radius 1 is 1.12 bits per heavy atom. The maximum absolute atomic E-state index is 12.5. The number of aryl methyl sites for hydroxylation is 1. The molecule has 3 aromatic rings. The Hall–Kier alpha value is -1.86. The number of carbonyl (C=O) groups is 2. The van der Waals surface area contributed by atoms with E-state index in [9.17, 15) is 9.59 Å². The normalized spacial score (nSPS) is 10.7. The molecule has 4 nitrogen and oxygen atoms in total. The molecule has 0 radical (unpaired) electrons. The summed E-state index contributed by atoms with van der Waals surface area (Å²) in [4.78, 5) is 25.4. The van der Waals surface area contributed by atoms with Gasteiger partial charge in [0.1, 0.15) is 9.34 Å². The molecule has 8 heteroatoms. The zero-order valence-corrected chi connectivity index (χ0v) is 16.1. The van der Waals surface area contributed by atoms with Crippen molar-refractivity contribution in [1.82, 2.24) is 0 Å². The van der Waals surface area contributed by atoms with Crippen molar-refractivity contribution in [2.75, 3.05) is 5.32 Å². The molecule has 0 saturated carbocycles. The van der Waals surface area contributed by atoms with Gasteiger partial charge in [-0.2, -0.15) is 0 Å². The Bertz CT molecular complexity index is 965. The van der Waals surface area contributed by atoms with Gasteiger partial charge in [-0.1, -0.05) is 53.5 Å². The average Bonchev–Trinajstić information content (AvgIpc) is 3.07. The first-order valence-electron chi connectivity index (χ1n) is 7.13. The second-order valence-corrected chi connectivity index (χ2v) is 8.67. The highest BCUT2D eigenvalue weighted by molar-refractivity contribution is 7.20. The number of nitrogens with two attached hydrogens (primary N) is 1. The minimum atomic E-state index is -0.604. The quantitative estimate of drug-likeness (QED) is 0.600. The molecule has 0 saturated heterocycles. The van der Waals surface area contributed by atoms with Crippen molar-refractivity contribution in [3.05, 3.63) is 61.1 Å². The van der Waals surface area contributed by atoms with E-state index < -0.39 is 11.8 Å². The molecule has 0 fully saturated rings. The van der Waals surface area contributed by atoms with Crippen molar-refractivity contribution in [2.24, 2.45) is 5.73 Å². The van der Waals surface area contributed by atoms with Gasteiger partial charge in [0, 0.05) is 10.4 Å². The monoisotopic (exact) mass is 410 g/mol. The van der Waals surface area contributed by atoms with E-state index in [0.717, 1.165) is 27.3 Å². The summed E-state index contributed by atoms with van der Waals surface area (Å²) in [5.41, 5.74) is 7.73. The van der Waals surface area contributed by atoms with Crippen LogP contribution >= 0.6 is 45.9 Å². The molecule has 2 heterocycles. The van der Waals surface area contributed by atoms with Crippen molar-refractivity contribution >= 4 is 62.7 Å². The van der Waals surface area contributed by atoms with Crippen molar-refractivity contribution in [1.29, 1.82) is 0 Å². The number of rotatable bonds is 4. The maximum Gasteiger partial charge on any atom is 0.258 e. The first-order valence-corrected chi connectivity index (χ1v) is 9.52. The Balaban J connectivity index is 2.04. The molecule has 0 atom stereocenters. The van der Waals surface area contributed by atoms with Crippen LogP contribution in [0.1, 0.15) is 25.6 Å². The number of hydrogen-bond acceptors (Lipinski definition) is 4. The van der Waals surface area contributed by atoms with Crippen LogP contribution in [0, 0.1) is 6.92 Å². The molecule has 0 spiro atoms. The van der Waals surface area contributed by atoms with Crippen molar-refractivity contribution < 1.29 is 9.59 Å². The molecule has 3 N–H and O–H groups in total. The van der Waals surface area contributed by atoms with Crippen LogP contribution in [-0.2, 0) is 0 Å². The fourth-order valence-electron chi connectivity index (χ4n) is 2.49. The van der Waals surface area contributed by atoms with Gasteiger partial charge in [-0.05, 0) is 18.6 Å². The Morgan fingerprint density at radius 2 is 1.80 bits per heavy atom. The fourth-order valence-corrected chi connectivity index (χ4v) is 5.02. The number of anilines is 1.